The first kappa shape index (κ1) is 14.5. The zero-order valence-electron chi connectivity index (χ0n) is 13.1. The van der Waals surface area contributed by atoms with Gasteiger partial charge in [0.2, 0.25) is 0 Å². The fourth-order valence-electron chi connectivity index (χ4n) is 2.90. The van der Waals surface area contributed by atoms with E-state index in [0.29, 0.717) is 0 Å². The molecule has 0 fully saturated rings. The molecular formula is C18H18N4S. The van der Waals surface area contributed by atoms with Crippen LogP contribution in [0.4, 0.5) is 0 Å². The van der Waals surface area contributed by atoms with Crippen LogP contribution < -0.4 is 0 Å². The maximum absolute atomic E-state index is 4.82. The van der Waals surface area contributed by atoms with Crippen LogP contribution in [-0.2, 0) is 19.5 Å². The van der Waals surface area contributed by atoms with Crippen LogP contribution in [0.5, 0.6) is 0 Å². The average Bonchev–Trinajstić information content (AvgIpc) is 3.00. The molecule has 1 aliphatic rings. The largest absolute Gasteiger partial charge is 0.292 e. The molecule has 2 aromatic heterocycles. The highest BCUT2D eigenvalue weighted by Crippen LogP contribution is 2.23. The summed E-state index contributed by atoms with van der Waals surface area (Å²) in [6, 6.07) is 10.2. The summed E-state index contributed by atoms with van der Waals surface area (Å²) in [5.41, 5.74) is 6.59. The monoisotopic (exact) mass is 322 g/mol. The molecule has 0 bridgehead atoms. The number of thiazole rings is 1. The lowest BCUT2D eigenvalue weighted by Gasteiger charge is -2.27. The fraction of sp³-hybridized carbons (Fsp3) is 0.278. The molecule has 0 unspecified atom stereocenters. The molecule has 0 spiro atoms. The molecule has 4 nitrogen and oxygen atoms in total. The minimum Gasteiger partial charge on any atom is -0.292 e. The highest BCUT2D eigenvalue weighted by molar-refractivity contribution is 7.09. The van der Waals surface area contributed by atoms with Gasteiger partial charge in [0.15, 0.2) is 5.82 Å². The Morgan fingerprint density at radius 1 is 1.17 bits per heavy atom. The molecule has 0 radical (unpaired) electrons. The second-order valence-corrected chi connectivity index (χ2v) is 6.79. The number of fused-ring (bicyclic) bond motifs is 1. The third-order valence-corrected chi connectivity index (χ3v) is 5.19. The van der Waals surface area contributed by atoms with Crippen LogP contribution in [0.25, 0.3) is 11.4 Å². The minimum absolute atomic E-state index is 0.820. The van der Waals surface area contributed by atoms with Crippen LogP contribution in [0, 0.1) is 6.92 Å². The Hall–Kier alpha value is -2.11. The van der Waals surface area contributed by atoms with Crippen molar-refractivity contribution in [1.29, 1.82) is 0 Å². The molecule has 0 amide bonds. The quantitative estimate of drug-likeness (QED) is 0.740. The van der Waals surface area contributed by atoms with Crippen molar-refractivity contribution in [2.24, 2.45) is 0 Å². The van der Waals surface area contributed by atoms with E-state index in [-0.39, 0.29) is 0 Å². The molecule has 0 saturated heterocycles. The standard InChI is InChI=1S/C18H18N4S/c1-13-17(23-12-20-13)11-22-8-7-15-9-19-18(21-16(15)10-22)14-5-3-2-4-6-14/h2-6,9,12H,7-8,10-11H2,1H3. The molecule has 3 heterocycles. The molecular weight excluding hydrogens is 304 g/mol. The Kier molecular flexibility index (Phi) is 3.89. The van der Waals surface area contributed by atoms with E-state index in [4.69, 9.17) is 4.98 Å². The summed E-state index contributed by atoms with van der Waals surface area (Å²) in [5.74, 6) is 0.820. The first-order valence-corrected chi connectivity index (χ1v) is 8.69. The van der Waals surface area contributed by atoms with Gasteiger partial charge in [-0.2, -0.15) is 0 Å². The first-order valence-electron chi connectivity index (χ1n) is 7.81. The lowest BCUT2D eigenvalue weighted by atomic mass is 10.1. The van der Waals surface area contributed by atoms with Crippen molar-refractivity contribution in [3.63, 3.8) is 0 Å². The maximum Gasteiger partial charge on any atom is 0.159 e. The van der Waals surface area contributed by atoms with Crippen LogP contribution in [-0.4, -0.2) is 26.4 Å². The normalized spacial score (nSPS) is 14.7. The number of hydrogen-bond acceptors (Lipinski definition) is 5. The van der Waals surface area contributed by atoms with Gasteiger partial charge in [-0.05, 0) is 18.9 Å². The minimum atomic E-state index is 0.820. The summed E-state index contributed by atoms with van der Waals surface area (Å²) in [7, 11) is 0. The van der Waals surface area contributed by atoms with Gasteiger partial charge in [-0.3, -0.25) is 4.90 Å². The lowest BCUT2D eigenvalue weighted by Crippen LogP contribution is -2.31. The van der Waals surface area contributed by atoms with Crippen molar-refractivity contribution in [1.82, 2.24) is 19.9 Å². The van der Waals surface area contributed by atoms with Crippen molar-refractivity contribution in [2.75, 3.05) is 6.54 Å². The predicted molar refractivity (Wildman–Crippen MR) is 92.1 cm³/mol. The highest BCUT2D eigenvalue weighted by atomic mass is 32.1. The van der Waals surface area contributed by atoms with E-state index in [2.05, 4.69) is 33.9 Å². The van der Waals surface area contributed by atoms with Crippen molar-refractivity contribution >= 4 is 11.3 Å². The number of nitrogens with zero attached hydrogens (tertiary/aromatic N) is 4. The van der Waals surface area contributed by atoms with Gasteiger partial charge in [0.1, 0.15) is 0 Å². The van der Waals surface area contributed by atoms with E-state index in [9.17, 15) is 0 Å². The van der Waals surface area contributed by atoms with Gasteiger partial charge < -0.3 is 0 Å². The van der Waals surface area contributed by atoms with Crippen LogP contribution in [0.2, 0.25) is 0 Å². The van der Waals surface area contributed by atoms with Crippen LogP contribution in [0.3, 0.4) is 0 Å². The zero-order valence-corrected chi connectivity index (χ0v) is 13.9. The molecule has 4 rings (SSSR count). The lowest BCUT2D eigenvalue weighted by molar-refractivity contribution is 0.243. The molecule has 1 aliphatic heterocycles. The second kappa shape index (κ2) is 6.18. The Balaban J connectivity index is 1.57. The van der Waals surface area contributed by atoms with Gasteiger partial charge >= 0.3 is 0 Å². The predicted octanol–water partition coefficient (Wildman–Crippen LogP) is 3.47. The molecule has 0 aliphatic carbocycles. The van der Waals surface area contributed by atoms with E-state index >= 15 is 0 Å². The fourth-order valence-corrected chi connectivity index (χ4v) is 3.72. The van der Waals surface area contributed by atoms with Crippen molar-refractivity contribution in [3.05, 3.63) is 63.9 Å². The van der Waals surface area contributed by atoms with Crippen molar-refractivity contribution in [2.45, 2.75) is 26.4 Å². The summed E-state index contributed by atoms with van der Waals surface area (Å²) in [5, 5.41) is 0. The van der Waals surface area contributed by atoms with E-state index in [0.717, 1.165) is 48.8 Å². The summed E-state index contributed by atoms with van der Waals surface area (Å²) in [6.07, 6.45) is 3.02. The third-order valence-electron chi connectivity index (χ3n) is 4.27. The topological polar surface area (TPSA) is 41.9 Å². The summed E-state index contributed by atoms with van der Waals surface area (Å²) in [6.45, 7) is 4.98. The van der Waals surface area contributed by atoms with Crippen LogP contribution in [0.15, 0.2) is 42.0 Å². The van der Waals surface area contributed by atoms with Gasteiger partial charge in [0, 0.05) is 36.3 Å². The molecule has 5 heteroatoms. The van der Waals surface area contributed by atoms with E-state index < -0.39 is 0 Å². The second-order valence-electron chi connectivity index (χ2n) is 5.85. The molecule has 0 saturated carbocycles. The third kappa shape index (κ3) is 3.02. The number of benzene rings is 1. The van der Waals surface area contributed by atoms with Gasteiger partial charge in [-0.15, -0.1) is 11.3 Å². The molecule has 0 atom stereocenters. The van der Waals surface area contributed by atoms with Gasteiger partial charge in [0.25, 0.3) is 0 Å². The summed E-state index contributed by atoms with van der Waals surface area (Å²) < 4.78 is 0. The van der Waals surface area contributed by atoms with Gasteiger partial charge in [0.05, 0.1) is 16.9 Å². The highest BCUT2D eigenvalue weighted by Gasteiger charge is 2.20. The van der Waals surface area contributed by atoms with Crippen LogP contribution >= 0.6 is 11.3 Å². The molecule has 1 aromatic carbocycles. The Labute approximate surface area is 139 Å². The van der Waals surface area contributed by atoms with Crippen molar-refractivity contribution < 1.29 is 0 Å². The molecule has 0 N–H and O–H groups in total. The van der Waals surface area contributed by atoms with E-state index in [1.165, 1.54) is 10.4 Å². The maximum atomic E-state index is 4.82. The van der Waals surface area contributed by atoms with Gasteiger partial charge in [-0.25, -0.2) is 15.0 Å². The summed E-state index contributed by atoms with van der Waals surface area (Å²) in [4.78, 5) is 17.5. The SMILES string of the molecule is Cc1ncsc1CN1CCc2cnc(-c3ccccc3)nc2C1. The Morgan fingerprint density at radius 2 is 2.04 bits per heavy atom. The Bertz CT molecular complexity index is 813. The van der Waals surface area contributed by atoms with Crippen molar-refractivity contribution in [3.8, 4) is 11.4 Å². The Morgan fingerprint density at radius 3 is 2.83 bits per heavy atom. The zero-order chi connectivity index (χ0) is 15.6. The summed E-state index contributed by atoms with van der Waals surface area (Å²) >= 11 is 1.74. The first-order chi connectivity index (χ1) is 11.3. The number of hydrogen-bond donors (Lipinski definition) is 0. The van der Waals surface area contributed by atoms with E-state index in [1.54, 1.807) is 11.3 Å². The average molecular weight is 322 g/mol. The molecule has 23 heavy (non-hydrogen) atoms. The van der Waals surface area contributed by atoms with Crippen LogP contribution in [0.1, 0.15) is 21.8 Å². The molecule has 116 valence electrons. The number of aryl methyl sites for hydroxylation is 1. The number of aromatic nitrogens is 3. The molecule has 3 aromatic rings. The smallest absolute Gasteiger partial charge is 0.159 e. The van der Waals surface area contributed by atoms with Gasteiger partial charge in [-0.1, -0.05) is 30.3 Å². The number of rotatable bonds is 3. The van der Waals surface area contributed by atoms with E-state index in [1.807, 2.05) is 29.9 Å².